The number of methoxy groups -OCH3 is 1. The molecule has 182 valence electrons. The van der Waals surface area contributed by atoms with Crippen LogP contribution < -0.4 is 14.8 Å². The Morgan fingerprint density at radius 1 is 1.06 bits per heavy atom. The van der Waals surface area contributed by atoms with Gasteiger partial charge in [0, 0.05) is 17.9 Å². The van der Waals surface area contributed by atoms with E-state index in [2.05, 4.69) is 20.8 Å². The highest BCUT2D eigenvalue weighted by Crippen LogP contribution is 2.30. The summed E-state index contributed by atoms with van der Waals surface area (Å²) >= 11 is 7.71. The molecule has 0 atom stereocenters. The number of ether oxygens (including phenoxy) is 2. The van der Waals surface area contributed by atoms with Crippen molar-refractivity contribution >= 4 is 23.4 Å². The minimum Gasteiger partial charge on any atom is -0.493 e. The van der Waals surface area contributed by atoms with E-state index >= 15 is 0 Å². The highest BCUT2D eigenvalue weighted by atomic mass is 35.5. The van der Waals surface area contributed by atoms with Crippen LogP contribution in [0.5, 0.6) is 11.5 Å². The molecular weight excluding hydrogens is 489 g/mol. The molecule has 0 aliphatic rings. The monoisotopic (exact) mass is 513 g/mol. The SMILES string of the molecule is COc1cc(CNCCCSc2nnnn2-c2ccccc2)ccc1OCc1ccc(F)cc1Cl. The zero-order valence-corrected chi connectivity index (χ0v) is 20.7. The number of thioether (sulfide) groups is 1. The highest BCUT2D eigenvalue weighted by Gasteiger charge is 2.10. The molecule has 0 fully saturated rings. The van der Waals surface area contributed by atoms with E-state index in [0.717, 1.165) is 35.1 Å². The summed E-state index contributed by atoms with van der Waals surface area (Å²) in [5.41, 5.74) is 2.73. The van der Waals surface area contributed by atoms with Gasteiger partial charge in [0.1, 0.15) is 12.4 Å². The number of aromatic nitrogens is 4. The van der Waals surface area contributed by atoms with E-state index in [1.54, 1.807) is 29.6 Å². The van der Waals surface area contributed by atoms with Crippen LogP contribution in [0.1, 0.15) is 17.5 Å². The first-order valence-corrected chi connectivity index (χ1v) is 12.4. The summed E-state index contributed by atoms with van der Waals surface area (Å²) in [6.45, 7) is 1.77. The van der Waals surface area contributed by atoms with Crippen molar-refractivity contribution in [2.45, 2.75) is 24.7 Å². The van der Waals surface area contributed by atoms with E-state index in [0.29, 0.717) is 28.6 Å². The molecule has 10 heteroatoms. The van der Waals surface area contributed by atoms with Gasteiger partial charge in [0.05, 0.1) is 17.8 Å². The molecule has 3 aromatic carbocycles. The lowest BCUT2D eigenvalue weighted by molar-refractivity contribution is 0.284. The second-order valence-corrected chi connectivity index (χ2v) is 9.07. The Kier molecular flexibility index (Phi) is 8.94. The third kappa shape index (κ3) is 6.94. The summed E-state index contributed by atoms with van der Waals surface area (Å²) in [6.07, 6.45) is 0.961. The normalized spacial score (nSPS) is 10.9. The number of hydrogen-bond donors (Lipinski definition) is 1. The van der Waals surface area contributed by atoms with Crippen molar-refractivity contribution in [2.75, 3.05) is 19.4 Å². The van der Waals surface area contributed by atoms with E-state index in [-0.39, 0.29) is 12.4 Å². The summed E-state index contributed by atoms with van der Waals surface area (Å²) in [5.74, 6) is 1.75. The molecule has 4 aromatic rings. The molecule has 0 aliphatic heterocycles. The highest BCUT2D eigenvalue weighted by molar-refractivity contribution is 7.99. The van der Waals surface area contributed by atoms with Gasteiger partial charge in [-0.2, -0.15) is 4.68 Å². The molecule has 0 radical (unpaired) electrons. The molecule has 1 N–H and O–H groups in total. The molecule has 0 amide bonds. The molecule has 0 saturated heterocycles. The summed E-state index contributed by atoms with van der Waals surface area (Å²) in [4.78, 5) is 0. The van der Waals surface area contributed by atoms with Crippen molar-refractivity contribution in [1.29, 1.82) is 0 Å². The van der Waals surface area contributed by atoms with Gasteiger partial charge in [0.15, 0.2) is 11.5 Å². The first kappa shape index (κ1) is 25.0. The van der Waals surface area contributed by atoms with Gasteiger partial charge in [0.2, 0.25) is 5.16 Å². The van der Waals surface area contributed by atoms with Gasteiger partial charge >= 0.3 is 0 Å². The lowest BCUT2D eigenvalue weighted by Crippen LogP contribution is -2.15. The molecule has 1 aromatic heterocycles. The largest absolute Gasteiger partial charge is 0.493 e. The van der Waals surface area contributed by atoms with Crippen molar-refractivity contribution in [3.05, 3.63) is 88.7 Å². The van der Waals surface area contributed by atoms with Gasteiger partial charge < -0.3 is 14.8 Å². The van der Waals surface area contributed by atoms with Crippen LogP contribution in [0.2, 0.25) is 5.02 Å². The topological polar surface area (TPSA) is 74.1 Å². The second-order valence-electron chi connectivity index (χ2n) is 7.60. The lowest BCUT2D eigenvalue weighted by atomic mass is 10.2. The van der Waals surface area contributed by atoms with Gasteiger partial charge in [-0.25, -0.2) is 4.39 Å². The third-order valence-corrected chi connectivity index (χ3v) is 6.48. The second kappa shape index (κ2) is 12.5. The van der Waals surface area contributed by atoms with Crippen LogP contribution >= 0.6 is 23.4 Å². The summed E-state index contributed by atoms with van der Waals surface area (Å²) < 4.78 is 26.3. The van der Waals surface area contributed by atoms with Crippen molar-refractivity contribution in [1.82, 2.24) is 25.5 Å². The predicted molar refractivity (Wildman–Crippen MR) is 135 cm³/mol. The molecule has 4 rings (SSSR count). The maximum Gasteiger partial charge on any atom is 0.214 e. The first-order chi connectivity index (χ1) is 17.1. The third-order valence-electron chi connectivity index (χ3n) is 5.13. The van der Waals surface area contributed by atoms with Crippen molar-refractivity contribution in [3.63, 3.8) is 0 Å². The molecular formula is C25H25ClFN5O2S. The van der Waals surface area contributed by atoms with E-state index in [4.69, 9.17) is 21.1 Å². The average Bonchev–Trinajstić information content (AvgIpc) is 3.35. The van der Waals surface area contributed by atoms with Crippen molar-refractivity contribution in [2.24, 2.45) is 0 Å². The smallest absolute Gasteiger partial charge is 0.214 e. The van der Waals surface area contributed by atoms with Gasteiger partial charge in [-0.1, -0.05) is 53.7 Å². The molecule has 1 heterocycles. The van der Waals surface area contributed by atoms with E-state index in [9.17, 15) is 4.39 Å². The quantitative estimate of drug-likeness (QED) is 0.203. The maximum atomic E-state index is 13.2. The number of rotatable bonds is 12. The molecule has 0 saturated carbocycles. The number of nitrogens with one attached hydrogen (secondary N) is 1. The van der Waals surface area contributed by atoms with Crippen LogP contribution in [-0.2, 0) is 13.2 Å². The van der Waals surface area contributed by atoms with E-state index in [1.807, 2.05) is 48.5 Å². The van der Waals surface area contributed by atoms with E-state index < -0.39 is 0 Å². The molecule has 7 nitrogen and oxygen atoms in total. The zero-order valence-electron chi connectivity index (χ0n) is 19.2. The number of benzene rings is 3. The van der Waals surface area contributed by atoms with Gasteiger partial charge in [0.25, 0.3) is 0 Å². The van der Waals surface area contributed by atoms with E-state index in [1.165, 1.54) is 12.1 Å². The van der Waals surface area contributed by atoms with Crippen LogP contribution in [0, 0.1) is 5.82 Å². The predicted octanol–water partition coefficient (Wildman–Crippen LogP) is 5.31. The Morgan fingerprint density at radius 3 is 2.71 bits per heavy atom. The summed E-state index contributed by atoms with van der Waals surface area (Å²) in [5, 5.41) is 16.6. The number of para-hydroxylation sites is 1. The van der Waals surface area contributed by atoms with Crippen LogP contribution in [0.4, 0.5) is 4.39 Å². The Balaban J connectivity index is 1.21. The average molecular weight is 514 g/mol. The van der Waals surface area contributed by atoms with Gasteiger partial charge in [-0.05, 0) is 65.4 Å². The Morgan fingerprint density at radius 2 is 1.91 bits per heavy atom. The van der Waals surface area contributed by atoms with Gasteiger partial charge in [-0.3, -0.25) is 0 Å². The number of hydrogen-bond acceptors (Lipinski definition) is 7. The van der Waals surface area contributed by atoms with Crippen LogP contribution in [0.3, 0.4) is 0 Å². The molecule has 0 aliphatic carbocycles. The van der Waals surface area contributed by atoms with Gasteiger partial charge in [-0.15, -0.1) is 5.10 Å². The Labute approximate surface area is 212 Å². The maximum absolute atomic E-state index is 13.2. The lowest BCUT2D eigenvalue weighted by Gasteiger charge is -2.13. The fraction of sp³-hybridized carbons (Fsp3) is 0.240. The van der Waals surface area contributed by atoms with Crippen LogP contribution in [0.25, 0.3) is 5.69 Å². The van der Waals surface area contributed by atoms with Crippen LogP contribution in [-0.4, -0.2) is 39.6 Å². The molecule has 35 heavy (non-hydrogen) atoms. The van der Waals surface area contributed by atoms with Crippen molar-refractivity contribution < 1.29 is 13.9 Å². The molecule has 0 unspecified atom stereocenters. The summed E-state index contributed by atoms with van der Waals surface area (Å²) in [6, 6.07) is 19.9. The zero-order chi connectivity index (χ0) is 24.5. The van der Waals surface area contributed by atoms with Crippen molar-refractivity contribution in [3.8, 4) is 17.2 Å². The Hall–Kier alpha value is -3.14. The Bertz CT molecular complexity index is 1240. The molecule has 0 spiro atoms. The fourth-order valence-corrected chi connectivity index (χ4v) is 4.38. The number of tetrazole rings is 1. The number of halogens is 2. The number of nitrogens with zero attached hydrogens (tertiary/aromatic N) is 4. The standard InChI is InChI=1S/C25H25ClFN5O2S/c1-33-24-14-18(8-11-23(24)34-17-19-9-10-20(27)15-22(19)26)16-28-12-5-13-35-25-29-30-31-32(25)21-6-3-2-4-7-21/h2-4,6-11,14-15,28H,5,12-13,16-17H2,1H3. The minimum atomic E-state index is -0.376. The minimum absolute atomic E-state index is 0.221. The fourth-order valence-electron chi connectivity index (χ4n) is 3.33. The first-order valence-electron chi connectivity index (χ1n) is 11.0. The van der Waals surface area contributed by atoms with Crippen LogP contribution in [0.15, 0.2) is 71.9 Å². The summed E-state index contributed by atoms with van der Waals surface area (Å²) in [7, 11) is 1.60. The molecule has 0 bridgehead atoms.